The summed E-state index contributed by atoms with van der Waals surface area (Å²) in [6.07, 6.45) is 0. The number of anilines is 1. The fourth-order valence-electron chi connectivity index (χ4n) is 3.38. The van der Waals surface area contributed by atoms with Gasteiger partial charge in [0, 0.05) is 25.7 Å². The predicted molar refractivity (Wildman–Crippen MR) is 103 cm³/mol. The Bertz CT molecular complexity index is 791. The number of aryl methyl sites for hydroxylation is 1. The summed E-state index contributed by atoms with van der Waals surface area (Å²) in [5.41, 5.74) is 3.28. The van der Waals surface area contributed by atoms with Crippen LogP contribution in [0.15, 0.2) is 42.5 Å². The molecule has 1 aliphatic heterocycles. The molecule has 2 aromatic rings. The zero-order valence-electron chi connectivity index (χ0n) is 15.9. The summed E-state index contributed by atoms with van der Waals surface area (Å²) in [6.45, 7) is 6.29. The first-order chi connectivity index (χ1) is 12.5. The average Bonchev–Trinajstić information content (AvgIpc) is 2.67. The van der Waals surface area contributed by atoms with Gasteiger partial charge in [-0.2, -0.15) is 0 Å². The third kappa shape index (κ3) is 3.53. The minimum absolute atomic E-state index is 0.0800. The third-order valence-corrected chi connectivity index (χ3v) is 5.09. The van der Waals surface area contributed by atoms with Crippen LogP contribution in [0.3, 0.4) is 0 Å². The SMILES string of the molecule is COc1ccc(OC)c(N2CCN(Cc3ccccc3C)[C@@H](C)C2=O)c1. The van der Waals surface area contributed by atoms with E-state index < -0.39 is 0 Å². The fourth-order valence-corrected chi connectivity index (χ4v) is 3.38. The van der Waals surface area contributed by atoms with Crippen molar-refractivity contribution in [3.05, 3.63) is 53.6 Å². The number of ether oxygens (including phenoxy) is 2. The fraction of sp³-hybridized carbons (Fsp3) is 0.381. The first-order valence-corrected chi connectivity index (χ1v) is 8.87. The molecule has 26 heavy (non-hydrogen) atoms. The highest BCUT2D eigenvalue weighted by molar-refractivity contribution is 5.99. The van der Waals surface area contributed by atoms with Crippen molar-refractivity contribution in [1.82, 2.24) is 4.90 Å². The van der Waals surface area contributed by atoms with Gasteiger partial charge in [0.2, 0.25) is 5.91 Å². The lowest BCUT2D eigenvalue weighted by molar-refractivity contribution is -0.125. The largest absolute Gasteiger partial charge is 0.497 e. The van der Waals surface area contributed by atoms with Crippen LogP contribution in [0.4, 0.5) is 5.69 Å². The Balaban J connectivity index is 1.81. The summed E-state index contributed by atoms with van der Waals surface area (Å²) < 4.78 is 10.8. The van der Waals surface area contributed by atoms with Gasteiger partial charge in [0.05, 0.1) is 25.9 Å². The van der Waals surface area contributed by atoms with Crippen LogP contribution in [0, 0.1) is 6.92 Å². The molecule has 5 heteroatoms. The van der Waals surface area contributed by atoms with E-state index in [0.717, 1.165) is 18.8 Å². The summed E-state index contributed by atoms with van der Waals surface area (Å²) in [6, 6.07) is 13.7. The Morgan fingerprint density at radius 2 is 1.85 bits per heavy atom. The van der Waals surface area contributed by atoms with E-state index in [4.69, 9.17) is 9.47 Å². The number of hydrogen-bond acceptors (Lipinski definition) is 4. The van der Waals surface area contributed by atoms with E-state index in [1.807, 2.05) is 37.3 Å². The third-order valence-electron chi connectivity index (χ3n) is 5.09. The van der Waals surface area contributed by atoms with Gasteiger partial charge in [-0.05, 0) is 37.1 Å². The first-order valence-electron chi connectivity index (χ1n) is 8.87. The maximum absolute atomic E-state index is 13.1. The van der Waals surface area contributed by atoms with Crippen LogP contribution in [-0.2, 0) is 11.3 Å². The molecule has 1 atom stereocenters. The van der Waals surface area contributed by atoms with Gasteiger partial charge in [0.1, 0.15) is 11.5 Å². The molecule has 5 nitrogen and oxygen atoms in total. The molecule has 0 N–H and O–H groups in total. The van der Waals surface area contributed by atoms with Gasteiger partial charge in [0.25, 0.3) is 0 Å². The minimum Gasteiger partial charge on any atom is -0.497 e. The summed E-state index contributed by atoms with van der Waals surface area (Å²) in [7, 11) is 3.24. The zero-order chi connectivity index (χ0) is 18.7. The zero-order valence-corrected chi connectivity index (χ0v) is 15.9. The Labute approximate surface area is 155 Å². The standard InChI is InChI=1S/C21H26N2O3/c1-15-7-5-6-8-17(15)14-22-11-12-23(21(24)16(22)2)19-13-18(25-3)9-10-20(19)26-4/h5-10,13,16H,11-12,14H2,1-4H3/t16-/m0/s1. The lowest BCUT2D eigenvalue weighted by Crippen LogP contribution is -2.55. The molecule has 0 unspecified atom stereocenters. The van der Waals surface area contributed by atoms with Gasteiger partial charge in [-0.15, -0.1) is 0 Å². The normalized spacial score (nSPS) is 18.1. The second-order valence-electron chi connectivity index (χ2n) is 6.60. The molecule has 0 aromatic heterocycles. The summed E-state index contributed by atoms with van der Waals surface area (Å²) in [5, 5.41) is 0. The predicted octanol–water partition coefficient (Wildman–Crippen LogP) is 3.25. The van der Waals surface area contributed by atoms with Crippen molar-refractivity contribution >= 4 is 11.6 Å². The number of methoxy groups -OCH3 is 2. The molecule has 138 valence electrons. The highest BCUT2D eigenvalue weighted by Gasteiger charge is 2.33. The van der Waals surface area contributed by atoms with Crippen LogP contribution < -0.4 is 14.4 Å². The van der Waals surface area contributed by atoms with Crippen LogP contribution in [0.2, 0.25) is 0 Å². The maximum Gasteiger partial charge on any atom is 0.244 e. The molecule has 0 bridgehead atoms. The molecular formula is C21H26N2O3. The Morgan fingerprint density at radius 3 is 2.54 bits per heavy atom. The summed E-state index contributed by atoms with van der Waals surface area (Å²) >= 11 is 0. The van der Waals surface area contributed by atoms with Crippen molar-refractivity contribution in [2.45, 2.75) is 26.4 Å². The van der Waals surface area contributed by atoms with Crippen LogP contribution >= 0.6 is 0 Å². The van der Waals surface area contributed by atoms with Gasteiger partial charge >= 0.3 is 0 Å². The van der Waals surface area contributed by atoms with Crippen molar-refractivity contribution in [1.29, 1.82) is 0 Å². The van der Waals surface area contributed by atoms with E-state index >= 15 is 0 Å². The van der Waals surface area contributed by atoms with Crippen LogP contribution in [0.5, 0.6) is 11.5 Å². The number of rotatable bonds is 5. The smallest absolute Gasteiger partial charge is 0.244 e. The maximum atomic E-state index is 13.1. The van der Waals surface area contributed by atoms with E-state index in [9.17, 15) is 4.79 Å². The van der Waals surface area contributed by atoms with E-state index in [1.165, 1.54) is 11.1 Å². The Hall–Kier alpha value is -2.53. The lowest BCUT2D eigenvalue weighted by Gasteiger charge is -2.39. The molecule has 0 spiro atoms. The quantitative estimate of drug-likeness (QED) is 0.827. The van der Waals surface area contributed by atoms with Crippen LogP contribution in [0.25, 0.3) is 0 Å². The molecule has 0 aliphatic carbocycles. The molecule has 0 saturated carbocycles. The van der Waals surface area contributed by atoms with Gasteiger partial charge in [-0.1, -0.05) is 24.3 Å². The second-order valence-corrected chi connectivity index (χ2v) is 6.60. The second kappa shape index (κ2) is 7.79. The number of carbonyl (C=O) groups excluding carboxylic acids is 1. The van der Waals surface area contributed by atoms with Gasteiger partial charge in [-0.3, -0.25) is 9.69 Å². The number of amides is 1. The Morgan fingerprint density at radius 1 is 1.08 bits per heavy atom. The van der Waals surface area contributed by atoms with Gasteiger partial charge in [-0.25, -0.2) is 0 Å². The number of benzene rings is 2. The first kappa shape index (κ1) is 18.3. The monoisotopic (exact) mass is 354 g/mol. The van der Waals surface area contributed by atoms with Crippen molar-refractivity contribution in [2.24, 2.45) is 0 Å². The molecule has 3 rings (SSSR count). The summed E-state index contributed by atoms with van der Waals surface area (Å²) in [4.78, 5) is 17.1. The van der Waals surface area contributed by atoms with Crippen molar-refractivity contribution in [2.75, 3.05) is 32.2 Å². The lowest BCUT2D eigenvalue weighted by atomic mass is 10.1. The average molecular weight is 354 g/mol. The van der Waals surface area contributed by atoms with E-state index in [1.54, 1.807) is 19.1 Å². The topological polar surface area (TPSA) is 42.0 Å². The molecule has 1 aliphatic rings. The highest BCUT2D eigenvalue weighted by atomic mass is 16.5. The van der Waals surface area contributed by atoms with Crippen molar-refractivity contribution in [3.63, 3.8) is 0 Å². The molecule has 0 radical (unpaired) electrons. The van der Waals surface area contributed by atoms with Crippen molar-refractivity contribution in [3.8, 4) is 11.5 Å². The number of nitrogens with zero attached hydrogens (tertiary/aromatic N) is 2. The molecule has 2 aromatic carbocycles. The highest BCUT2D eigenvalue weighted by Crippen LogP contribution is 2.34. The van der Waals surface area contributed by atoms with Crippen molar-refractivity contribution < 1.29 is 14.3 Å². The molecule has 1 heterocycles. The molecular weight excluding hydrogens is 328 g/mol. The number of carbonyl (C=O) groups is 1. The van der Waals surface area contributed by atoms with E-state index in [2.05, 4.69) is 24.0 Å². The van der Waals surface area contributed by atoms with Gasteiger partial charge in [0.15, 0.2) is 0 Å². The van der Waals surface area contributed by atoms with Crippen LogP contribution in [0.1, 0.15) is 18.1 Å². The number of piperazine rings is 1. The van der Waals surface area contributed by atoms with E-state index in [0.29, 0.717) is 18.0 Å². The minimum atomic E-state index is -0.195. The van der Waals surface area contributed by atoms with Crippen LogP contribution in [-0.4, -0.2) is 44.2 Å². The van der Waals surface area contributed by atoms with Gasteiger partial charge < -0.3 is 14.4 Å². The summed E-state index contributed by atoms with van der Waals surface area (Å²) in [5.74, 6) is 1.47. The number of hydrogen-bond donors (Lipinski definition) is 0. The molecule has 1 amide bonds. The molecule has 1 saturated heterocycles. The van der Waals surface area contributed by atoms with E-state index in [-0.39, 0.29) is 11.9 Å². The Kier molecular flexibility index (Phi) is 5.47. The molecule has 1 fully saturated rings.